The lowest BCUT2D eigenvalue weighted by atomic mass is 10.1. The van der Waals surface area contributed by atoms with Crippen LogP contribution in [-0.4, -0.2) is 45.4 Å². The molecule has 28 heavy (non-hydrogen) atoms. The van der Waals surface area contributed by atoms with Crippen LogP contribution in [0.5, 0.6) is 17.2 Å². The summed E-state index contributed by atoms with van der Waals surface area (Å²) < 4.78 is 17.2. The van der Waals surface area contributed by atoms with Crippen LogP contribution in [0.25, 0.3) is 0 Å². The molecule has 2 N–H and O–H groups in total. The molecule has 0 saturated carbocycles. The molecule has 1 aliphatic heterocycles. The van der Waals surface area contributed by atoms with E-state index in [4.69, 9.17) is 14.2 Å². The van der Waals surface area contributed by atoms with Gasteiger partial charge in [0.15, 0.2) is 17.5 Å². The van der Waals surface area contributed by atoms with Crippen molar-refractivity contribution >= 4 is 29.9 Å². The molecule has 2 atom stereocenters. The molecule has 1 heterocycles. The van der Waals surface area contributed by atoms with E-state index in [1.54, 1.807) is 14.2 Å². The number of rotatable bonds is 7. The van der Waals surface area contributed by atoms with Crippen LogP contribution in [0.3, 0.4) is 0 Å². The highest BCUT2D eigenvalue weighted by Gasteiger charge is 2.22. The third-order valence-corrected chi connectivity index (χ3v) is 4.39. The quantitative estimate of drug-likeness (QED) is 0.350. The summed E-state index contributed by atoms with van der Waals surface area (Å²) >= 11 is 0. The molecule has 2 aromatic rings. The molecule has 0 aromatic heterocycles. The number of benzene rings is 2. The summed E-state index contributed by atoms with van der Waals surface area (Å²) in [5, 5.41) is 6.61. The fourth-order valence-electron chi connectivity index (χ4n) is 3.01. The number of para-hydroxylation sites is 3. The summed E-state index contributed by atoms with van der Waals surface area (Å²) in [5.41, 5.74) is 1.26. The van der Waals surface area contributed by atoms with E-state index in [2.05, 4.69) is 21.7 Å². The standard InChI is InChI=1S/C21H27N3O3.HI/c1-15(26-20-11-7-6-10-19(20)25-3)13-23-21(22-2)24-14-17-12-16-8-4-5-9-18(16)27-17;/h4-11,15,17H,12-14H2,1-3H3,(H2,22,23,24);1H. The highest BCUT2D eigenvalue weighted by Crippen LogP contribution is 2.28. The number of nitrogens with one attached hydrogen (secondary N) is 2. The summed E-state index contributed by atoms with van der Waals surface area (Å²) in [6.07, 6.45) is 0.975. The molecule has 0 fully saturated rings. The third kappa shape index (κ3) is 5.92. The van der Waals surface area contributed by atoms with Crippen LogP contribution >= 0.6 is 24.0 Å². The van der Waals surface area contributed by atoms with Crippen LogP contribution in [-0.2, 0) is 6.42 Å². The van der Waals surface area contributed by atoms with Gasteiger partial charge in [-0.25, -0.2) is 0 Å². The van der Waals surface area contributed by atoms with Crippen LogP contribution in [0.1, 0.15) is 12.5 Å². The average molecular weight is 497 g/mol. The maximum absolute atomic E-state index is 5.96. The second kappa shape index (κ2) is 11.0. The molecule has 0 radical (unpaired) electrons. The van der Waals surface area contributed by atoms with Crippen LogP contribution in [0.15, 0.2) is 53.5 Å². The van der Waals surface area contributed by atoms with Gasteiger partial charge in [-0.15, -0.1) is 24.0 Å². The number of hydrogen-bond acceptors (Lipinski definition) is 4. The molecule has 0 saturated heterocycles. The molecule has 0 aliphatic carbocycles. The lowest BCUT2D eigenvalue weighted by Gasteiger charge is -2.20. The van der Waals surface area contributed by atoms with E-state index in [-0.39, 0.29) is 36.2 Å². The van der Waals surface area contributed by atoms with Gasteiger partial charge in [-0.1, -0.05) is 30.3 Å². The van der Waals surface area contributed by atoms with Crippen molar-refractivity contribution in [2.75, 3.05) is 27.2 Å². The largest absolute Gasteiger partial charge is 0.493 e. The zero-order valence-electron chi connectivity index (χ0n) is 16.5. The van der Waals surface area contributed by atoms with Gasteiger partial charge >= 0.3 is 0 Å². The predicted molar refractivity (Wildman–Crippen MR) is 122 cm³/mol. The van der Waals surface area contributed by atoms with Gasteiger partial charge in [-0.05, 0) is 30.7 Å². The number of methoxy groups -OCH3 is 1. The highest BCUT2D eigenvalue weighted by atomic mass is 127. The number of ether oxygens (including phenoxy) is 3. The average Bonchev–Trinajstić information content (AvgIpc) is 3.11. The summed E-state index contributed by atoms with van der Waals surface area (Å²) in [4.78, 5) is 4.27. The molecule has 2 unspecified atom stereocenters. The fourth-order valence-corrected chi connectivity index (χ4v) is 3.01. The molecule has 1 aliphatic rings. The Morgan fingerprint density at radius 3 is 2.57 bits per heavy atom. The minimum Gasteiger partial charge on any atom is -0.493 e. The zero-order chi connectivity index (χ0) is 19.1. The number of aliphatic imine (C=N–C) groups is 1. The number of guanidine groups is 1. The summed E-state index contributed by atoms with van der Waals surface area (Å²) in [5.74, 6) is 3.16. The van der Waals surface area contributed by atoms with Gasteiger partial charge in [0.05, 0.1) is 20.2 Å². The van der Waals surface area contributed by atoms with Gasteiger partial charge in [0, 0.05) is 13.5 Å². The normalized spacial score (nSPS) is 16.2. The van der Waals surface area contributed by atoms with Crippen molar-refractivity contribution in [2.24, 2.45) is 4.99 Å². The number of halogens is 1. The van der Waals surface area contributed by atoms with E-state index >= 15 is 0 Å². The van der Waals surface area contributed by atoms with Crippen LogP contribution in [0.2, 0.25) is 0 Å². The van der Waals surface area contributed by atoms with Gasteiger partial charge in [-0.3, -0.25) is 4.99 Å². The van der Waals surface area contributed by atoms with Crippen LogP contribution in [0.4, 0.5) is 0 Å². The predicted octanol–water partition coefficient (Wildman–Crippen LogP) is 3.25. The second-order valence-electron chi connectivity index (χ2n) is 6.47. The van der Waals surface area contributed by atoms with E-state index in [1.165, 1.54) is 5.56 Å². The van der Waals surface area contributed by atoms with E-state index in [1.807, 2.05) is 49.4 Å². The Morgan fingerprint density at radius 1 is 1.14 bits per heavy atom. The molecular formula is C21H28IN3O3. The van der Waals surface area contributed by atoms with Gasteiger partial charge < -0.3 is 24.8 Å². The first-order chi connectivity index (χ1) is 13.2. The highest BCUT2D eigenvalue weighted by molar-refractivity contribution is 14.0. The summed E-state index contributed by atoms with van der Waals surface area (Å²) in [6.45, 7) is 3.31. The minimum atomic E-state index is -0.0492. The Labute approximate surface area is 183 Å². The van der Waals surface area contributed by atoms with Crippen molar-refractivity contribution < 1.29 is 14.2 Å². The first-order valence-corrected chi connectivity index (χ1v) is 9.18. The summed E-state index contributed by atoms with van der Waals surface area (Å²) in [7, 11) is 3.39. The van der Waals surface area contributed by atoms with E-state index in [9.17, 15) is 0 Å². The van der Waals surface area contributed by atoms with Crippen molar-refractivity contribution in [1.29, 1.82) is 0 Å². The molecule has 0 bridgehead atoms. The lowest BCUT2D eigenvalue weighted by molar-refractivity contribution is 0.213. The Hall–Kier alpha value is -2.16. The van der Waals surface area contributed by atoms with Crippen molar-refractivity contribution in [3.05, 3.63) is 54.1 Å². The molecule has 0 spiro atoms. The van der Waals surface area contributed by atoms with E-state index in [0.29, 0.717) is 13.1 Å². The van der Waals surface area contributed by atoms with E-state index < -0.39 is 0 Å². The first-order valence-electron chi connectivity index (χ1n) is 9.18. The topological polar surface area (TPSA) is 64.1 Å². The van der Waals surface area contributed by atoms with E-state index in [0.717, 1.165) is 29.6 Å². The molecule has 152 valence electrons. The molecule has 6 nitrogen and oxygen atoms in total. The summed E-state index contributed by atoms with van der Waals surface area (Å²) in [6, 6.07) is 15.8. The zero-order valence-corrected chi connectivity index (χ0v) is 18.8. The Morgan fingerprint density at radius 2 is 1.86 bits per heavy atom. The van der Waals surface area contributed by atoms with Crippen molar-refractivity contribution in [3.8, 4) is 17.2 Å². The molecule has 7 heteroatoms. The van der Waals surface area contributed by atoms with Crippen molar-refractivity contribution in [1.82, 2.24) is 10.6 Å². The van der Waals surface area contributed by atoms with Gasteiger partial charge in [0.1, 0.15) is 18.0 Å². The van der Waals surface area contributed by atoms with Crippen LogP contribution < -0.4 is 24.8 Å². The smallest absolute Gasteiger partial charge is 0.191 e. The van der Waals surface area contributed by atoms with Crippen molar-refractivity contribution in [3.63, 3.8) is 0 Å². The van der Waals surface area contributed by atoms with Gasteiger partial charge in [0.25, 0.3) is 0 Å². The molecular weight excluding hydrogens is 469 g/mol. The Kier molecular flexibility index (Phi) is 8.69. The third-order valence-electron chi connectivity index (χ3n) is 4.39. The first kappa shape index (κ1) is 22.1. The second-order valence-corrected chi connectivity index (χ2v) is 6.47. The van der Waals surface area contributed by atoms with Gasteiger partial charge in [0.2, 0.25) is 0 Å². The monoisotopic (exact) mass is 497 g/mol. The Balaban J connectivity index is 0.00000280. The fraction of sp³-hybridized carbons (Fsp3) is 0.381. The lowest BCUT2D eigenvalue weighted by Crippen LogP contribution is -2.45. The van der Waals surface area contributed by atoms with Gasteiger partial charge in [-0.2, -0.15) is 0 Å². The number of fused-ring (bicyclic) bond motifs is 1. The Bertz CT molecular complexity index is 760. The van der Waals surface area contributed by atoms with Crippen molar-refractivity contribution in [2.45, 2.75) is 25.6 Å². The number of hydrogen-bond donors (Lipinski definition) is 2. The number of nitrogens with zero attached hydrogens (tertiary/aromatic N) is 1. The van der Waals surface area contributed by atoms with Crippen LogP contribution in [0, 0.1) is 0 Å². The minimum absolute atomic E-state index is 0. The maximum Gasteiger partial charge on any atom is 0.191 e. The molecule has 3 rings (SSSR count). The maximum atomic E-state index is 5.96. The SMILES string of the molecule is CN=C(NCC(C)Oc1ccccc1OC)NCC1Cc2ccccc2O1.I. The molecule has 2 aromatic carbocycles. The molecule has 0 amide bonds.